The second-order valence-corrected chi connectivity index (χ2v) is 9.91. The molecule has 40 heavy (non-hydrogen) atoms. The number of thioether (sulfide) groups is 1. The number of carbonyl (C=O) groups excluding carboxylic acids is 3. The average molecular weight is 572 g/mol. The molecule has 0 unspecified atom stereocenters. The van der Waals surface area contributed by atoms with Gasteiger partial charge >= 0.3 is 0 Å². The predicted molar refractivity (Wildman–Crippen MR) is 161 cm³/mol. The van der Waals surface area contributed by atoms with Gasteiger partial charge in [0.25, 0.3) is 11.8 Å². The molecule has 4 aromatic rings. The quantitative estimate of drug-likeness (QED) is 0.149. The highest BCUT2D eigenvalue weighted by atomic mass is 35.5. The molecule has 0 aromatic heterocycles. The van der Waals surface area contributed by atoms with Crippen molar-refractivity contribution < 1.29 is 19.1 Å². The van der Waals surface area contributed by atoms with Crippen molar-refractivity contribution in [2.45, 2.75) is 4.90 Å². The van der Waals surface area contributed by atoms with Crippen molar-refractivity contribution in [1.29, 1.82) is 0 Å². The van der Waals surface area contributed by atoms with Gasteiger partial charge in [0.05, 0.1) is 12.9 Å². The van der Waals surface area contributed by atoms with Crippen molar-refractivity contribution in [1.82, 2.24) is 5.32 Å². The molecule has 0 aliphatic rings. The lowest BCUT2D eigenvalue weighted by Crippen LogP contribution is -2.30. The van der Waals surface area contributed by atoms with Gasteiger partial charge in [-0.2, -0.15) is 0 Å². The van der Waals surface area contributed by atoms with Crippen LogP contribution in [0.1, 0.15) is 15.9 Å². The second-order valence-electron chi connectivity index (χ2n) is 8.45. The molecular weight excluding hydrogens is 546 g/mol. The van der Waals surface area contributed by atoms with E-state index in [-0.39, 0.29) is 17.4 Å². The smallest absolute Gasteiger partial charge is 0.272 e. The lowest BCUT2D eigenvalue weighted by atomic mass is 10.1. The van der Waals surface area contributed by atoms with Crippen molar-refractivity contribution in [2.24, 2.45) is 0 Å². The Morgan fingerprint density at radius 3 is 2.27 bits per heavy atom. The van der Waals surface area contributed by atoms with Crippen LogP contribution in [0.5, 0.6) is 5.75 Å². The van der Waals surface area contributed by atoms with Gasteiger partial charge in [-0.05, 0) is 60.2 Å². The molecule has 0 heterocycles. The molecule has 0 radical (unpaired) electrons. The summed E-state index contributed by atoms with van der Waals surface area (Å²) in [5, 5.41) is 8.80. The van der Waals surface area contributed by atoms with Crippen molar-refractivity contribution in [2.75, 3.05) is 23.5 Å². The summed E-state index contributed by atoms with van der Waals surface area (Å²) in [7, 11) is 1.56. The molecule has 0 aliphatic carbocycles. The van der Waals surface area contributed by atoms with Crippen molar-refractivity contribution in [3.05, 3.63) is 125 Å². The van der Waals surface area contributed by atoms with Gasteiger partial charge in [0.1, 0.15) is 11.4 Å². The van der Waals surface area contributed by atoms with Crippen LogP contribution in [0.2, 0.25) is 5.02 Å². The first kappa shape index (κ1) is 28.5. The van der Waals surface area contributed by atoms with E-state index < -0.39 is 11.8 Å². The molecular formula is C31H26ClN3O4S. The van der Waals surface area contributed by atoms with Crippen LogP contribution in [-0.2, 0) is 9.59 Å². The van der Waals surface area contributed by atoms with Crippen LogP contribution in [0.15, 0.2) is 114 Å². The number of anilines is 2. The first-order valence-corrected chi connectivity index (χ1v) is 13.6. The topological polar surface area (TPSA) is 96.5 Å². The Kier molecular flexibility index (Phi) is 9.99. The Bertz CT molecular complexity index is 1540. The fourth-order valence-electron chi connectivity index (χ4n) is 3.60. The third-order valence-corrected chi connectivity index (χ3v) is 6.89. The maximum atomic E-state index is 13.3. The maximum absolute atomic E-state index is 13.3. The van der Waals surface area contributed by atoms with Gasteiger partial charge in [0.15, 0.2) is 0 Å². The number of rotatable bonds is 10. The number of amides is 3. The highest BCUT2D eigenvalue weighted by molar-refractivity contribution is 8.00. The fourth-order valence-corrected chi connectivity index (χ4v) is 4.54. The average Bonchev–Trinajstić information content (AvgIpc) is 2.97. The fraction of sp³-hybridized carbons (Fsp3) is 0.0645. The Labute approximate surface area is 241 Å². The molecule has 0 fully saturated rings. The van der Waals surface area contributed by atoms with E-state index in [1.54, 1.807) is 104 Å². The Balaban J connectivity index is 1.45. The van der Waals surface area contributed by atoms with Crippen LogP contribution < -0.4 is 20.7 Å². The minimum atomic E-state index is -0.526. The van der Waals surface area contributed by atoms with E-state index in [1.165, 1.54) is 17.8 Å². The third-order valence-electron chi connectivity index (χ3n) is 5.55. The number of carbonyl (C=O) groups is 3. The Hall–Kier alpha value is -4.53. The molecule has 4 rings (SSSR count). The van der Waals surface area contributed by atoms with Crippen LogP contribution in [0.3, 0.4) is 0 Å². The van der Waals surface area contributed by atoms with Gasteiger partial charge in [0, 0.05) is 32.9 Å². The summed E-state index contributed by atoms with van der Waals surface area (Å²) >= 11 is 7.63. The minimum Gasteiger partial charge on any atom is -0.497 e. The number of hydrogen-bond acceptors (Lipinski definition) is 5. The molecule has 7 nitrogen and oxygen atoms in total. The maximum Gasteiger partial charge on any atom is 0.272 e. The number of halogens is 1. The summed E-state index contributed by atoms with van der Waals surface area (Å²) in [5.74, 6) is -0.319. The zero-order valence-corrected chi connectivity index (χ0v) is 23.1. The molecule has 0 saturated carbocycles. The molecule has 3 amide bonds. The molecule has 4 aromatic carbocycles. The highest BCUT2D eigenvalue weighted by Gasteiger charge is 2.16. The summed E-state index contributed by atoms with van der Waals surface area (Å²) in [6.45, 7) is 0. The van der Waals surface area contributed by atoms with Gasteiger partial charge < -0.3 is 20.7 Å². The summed E-state index contributed by atoms with van der Waals surface area (Å²) in [6, 6.07) is 29.8. The zero-order chi connectivity index (χ0) is 28.3. The van der Waals surface area contributed by atoms with Crippen molar-refractivity contribution >= 4 is 58.5 Å². The normalized spacial score (nSPS) is 10.9. The standard InChI is InChI=1S/C31H26ClN3O4S/c1-39-25-14-7-12-23(18-25)33-29(36)20-40-26-15-8-13-24(19-26)34-31(38)28(17-22-11-5-6-16-27(22)32)35-30(37)21-9-3-2-4-10-21/h2-19H,20H2,1H3,(H,33,36)(H,34,38)(H,35,37)/b28-17+. The Morgan fingerprint density at radius 2 is 1.52 bits per heavy atom. The predicted octanol–water partition coefficient (Wildman–Crippen LogP) is 6.49. The number of ether oxygens (including phenoxy) is 1. The number of nitrogens with one attached hydrogen (secondary N) is 3. The van der Waals surface area contributed by atoms with E-state index in [2.05, 4.69) is 16.0 Å². The largest absolute Gasteiger partial charge is 0.497 e. The molecule has 0 atom stereocenters. The van der Waals surface area contributed by atoms with Crippen LogP contribution in [0.4, 0.5) is 11.4 Å². The SMILES string of the molecule is COc1cccc(NC(=O)CSc2cccc(NC(=O)/C(=C\c3ccccc3Cl)NC(=O)c3ccccc3)c2)c1. The lowest BCUT2D eigenvalue weighted by Gasteiger charge is -2.12. The van der Waals surface area contributed by atoms with Crippen LogP contribution >= 0.6 is 23.4 Å². The van der Waals surface area contributed by atoms with E-state index in [9.17, 15) is 14.4 Å². The van der Waals surface area contributed by atoms with Crippen molar-refractivity contribution in [3.63, 3.8) is 0 Å². The monoisotopic (exact) mass is 571 g/mol. The minimum absolute atomic E-state index is 0.0256. The van der Waals surface area contributed by atoms with Crippen LogP contribution in [0.25, 0.3) is 6.08 Å². The molecule has 3 N–H and O–H groups in total. The van der Waals surface area contributed by atoms with Gasteiger partial charge in [-0.3, -0.25) is 14.4 Å². The summed E-state index contributed by atoms with van der Waals surface area (Å²) in [6.07, 6.45) is 1.53. The molecule has 9 heteroatoms. The first-order valence-electron chi connectivity index (χ1n) is 12.2. The van der Waals surface area contributed by atoms with E-state index in [0.717, 1.165) is 4.90 Å². The number of methoxy groups -OCH3 is 1. The highest BCUT2D eigenvalue weighted by Crippen LogP contribution is 2.24. The second kappa shape index (κ2) is 14.0. The summed E-state index contributed by atoms with van der Waals surface area (Å²) in [5.41, 5.74) is 2.15. The Morgan fingerprint density at radius 1 is 0.825 bits per heavy atom. The molecule has 0 aliphatic heterocycles. The molecule has 202 valence electrons. The zero-order valence-electron chi connectivity index (χ0n) is 21.5. The number of hydrogen-bond donors (Lipinski definition) is 3. The van der Waals surface area contributed by atoms with E-state index in [0.29, 0.717) is 33.3 Å². The summed E-state index contributed by atoms with van der Waals surface area (Å²) in [4.78, 5) is 39.4. The molecule has 0 saturated heterocycles. The molecule has 0 spiro atoms. The van der Waals surface area contributed by atoms with Crippen molar-refractivity contribution in [3.8, 4) is 5.75 Å². The van der Waals surface area contributed by atoms with Gasteiger partial charge in [-0.15, -0.1) is 11.8 Å². The first-order chi connectivity index (χ1) is 19.4. The van der Waals surface area contributed by atoms with Crippen LogP contribution in [-0.4, -0.2) is 30.6 Å². The lowest BCUT2D eigenvalue weighted by molar-refractivity contribution is -0.114. The number of benzene rings is 4. The summed E-state index contributed by atoms with van der Waals surface area (Å²) < 4.78 is 5.19. The van der Waals surface area contributed by atoms with Gasteiger partial charge in [0.2, 0.25) is 5.91 Å². The molecule has 0 bridgehead atoms. The van der Waals surface area contributed by atoms with E-state index in [1.807, 2.05) is 6.07 Å². The van der Waals surface area contributed by atoms with E-state index in [4.69, 9.17) is 16.3 Å². The van der Waals surface area contributed by atoms with Crippen LogP contribution in [0, 0.1) is 0 Å². The van der Waals surface area contributed by atoms with Gasteiger partial charge in [-0.25, -0.2) is 0 Å². The third kappa shape index (κ3) is 8.23. The van der Waals surface area contributed by atoms with E-state index >= 15 is 0 Å². The van der Waals surface area contributed by atoms with Gasteiger partial charge in [-0.1, -0.05) is 60.1 Å².